The van der Waals surface area contributed by atoms with E-state index in [1.807, 2.05) is 0 Å². The molecular weight excluding hydrogens is 130 g/mol. The molecule has 0 aliphatic carbocycles. The summed E-state index contributed by atoms with van der Waals surface area (Å²) in [5.41, 5.74) is 0. The van der Waals surface area contributed by atoms with Crippen LogP contribution in [0, 0.1) is 0 Å². The molecule has 0 spiro atoms. The van der Waals surface area contributed by atoms with Gasteiger partial charge in [0.25, 0.3) is 0 Å². The first-order valence-corrected chi connectivity index (χ1v) is 3.31. The van der Waals surface area contributed by atoms with Crippen molar-refractivity contribution in [2.45, 2.75) is 6.10 Å². The van der Waals surface area contributed by atoms with Gasteiger partial charge in [0, 0.05) is 20.2 Å². The van der Waals surface area contributed by atoms with Crippen LogP contribution in [0.1, 0.15) is 0 Å². The molecule has 2 N–H and O–H groups in total. The lowest BCUT2D eigenvalue weighted by molar-refractivity contribution is 0.185. The molecule has 60 valence electrons. The molecule has 0 fully saturated rings. The molecule has 0 bridgehead atoms. The molecule has 0 saturated carbocycles. The lowest BCUT2D eigenvalue weighted by Gasteiger charge is -2.05. The van der Waals surface area contributed by atoms with Gasteiger partial charge in [0.2, 0.25) is 0 Å². The van der Waals surface area contributed by atoms with E-state index < -0.39 is 6.10 Å². The zero-order chi connectivity index (χ0) is 7.82. The van der Waals surface area contributed by atoms with Gasteiger partial charge in [-0.15, -0.1) is 6.58 Å². The molecule has 0 rings (SSSR count). The van der Waals surface area contributed by atoms with Crippen LogP contribution in [-0.2, 0) is 4.74 Å². The lowest BCUT2D eigenvalue weighted by Crippen LogP contribution is -2.27. The van der Waals surface area contributed by atoms with Gasteiger partial charge in [-0.1, -0.05) is 6.08 Å². The van der Waals surface area contributed by atoms with Crippen molar-refractivity contribution < 1.29 is 9.84 Å². The molecule has 0 aromatic heterocycles. The molecule has 0 saturated heterocycles. The summed E-state index contributed by atoms with van der Waals surface area (Å²) in [5, 5.41) is 11.9. The van der Waals surface area contributed by atoms with Gasteiger partial charge in [0.1, 0.15) is 0 Å². The topological polar surface area (TPSA) is 41.5 Å². The van der Waals surface area contributed by atoms with Crippen molar-refractivity contribution in [3.63, 3.8) is 0 Å². The third-order valence-electron chi connectivity index (χ3n) is 1.11. The van der Waals surface area contributed by atoms with Gasteiger partial charge < -0.3 is 15.2 Å². The molecule has 0 aliphatic heterocycles. The summed E-state index contributed by atoms with van der Waals surface area (Å²) < 4.78 is 4.79. The number of hydrogen-bond acceptors (Lipinski definition) is 3. The highest BCUT2D eigenvalue weighted by molar-refractivity contribution is 4.79. The highest BCUT2D eigenvalue weighted by Gasteiger charge is 1.94. The Hall–Kier alpha value is -0.380. The highest BCUT2D eigenvalue weighted by atomic mass is 16.5. The van der Waals surface area contributed by atoms with Gasteiger partial charge in [-0.2, -0.15) is 0 Å². The standard InChI is InChI=1S/C7H15NO2/c1-3-7(9)6-8-4-5-10-2/h3,7-9H,1,4-6H2,2H3. The second-order valence-corrected chi connectivity index (χ2v) is 2.00. The first-order valence-electron chi connectivity index (χ1n) is 3.31. The molecule has 0 amide bonds. The third-order valence-corrected chi connectivity index (χ3v) is 1.11. The van der Waals surface area contributed by atoms with Crippen LogP contribution in [0.5, 0.6) is 0 Å². The first-order chi connectivity index (χ1) is 4.81. The fourth-order valence-electron chi connectivity index (χ4n) is 0.508. The molecule has 0 aliphatic rings. The number of nitrogens with one attached hydrogen (secondary N) is 1. The molecule has 0 radical (unpaired) electrons. The van der Waals surface area contributed by atoms with Crippen molar-refractivity contribution in [1.29, 1.82) is 0 Å². The van der Waals surface area contributed by atoms with Gasteiger partial charge in [0.05, 0.1) is 12.7 Å². The number of hydrogen-bond donors (Lipinski definition) is 2. The summed E-state index contributed by atoms with van der Waals surface area (Å²) >= 11 is 0. The van der Waals surface area contributed by atoms with Crippen molar-refractivity contribution in [3.8, 4) is 0 Å². The number of rotatable bonds is 6. The van der Waals surface area contributed by atoms with Gasteiger partial charge in [-0.05, 0) is 0 Å². The van der Waals surface area contributed by atoms with Crippen molar-refractivity contribution in [1.82, 2.24) is 5.32 Å². The van der Waals surface area contributed by atoms with Gasteiger partial charge in [-0.3, -0.25) is 0 Å². The van der Waals surface area contributed by atoms with E-state index in [0.717, 1.165) is 6.54 Å². The maximum Gasteiger partial charge on any atom is 0.0842 e. The fourth-order valence-corrected chi connectivity index (χ4v) is 0.508. The predicted molar refractivity (Wildman–Crippen MR) is 40.9 cm³/mol. The van der Waals surface area contributed by atoms with Crippen LogP contribution in [-0.4, -0.2) is 38.0 Å². The number of ether oxygens (including phenoxy) is 1. The maximum absolute atomic E-state index is 8.94. The summed E-state index contributed by atoms with van der Waals surface area (Å²) in [6, 6.07) is 0. The van der Waals surface area contributed by atoms with Crippen molar-refractivity contribution in [2.24, 2.45) is 0 Å². The number of aliphatic hydroxyl groups excluding tert-OH is 1. The van der Waals surface area contributed by atoms with E-state index in [2.05, 4.69) is 11.9 Å². The van der Waals surface area contributed by atoms with Crippen LogP contribution in [0.2, 0.25) is 0 Å². The van der Waals surface area contributed by atoms with Crippen molar-refractivity contribution in [3.05, 3.63) is 12.7 Å². The average molecular weight is 145 g/mol. The molecule has 0 aromatic rings. The second kappa shape index (κ2) is 6.74. The normalized spacial score (nSPS) is 13.0. The van der Waals surface area contributed by atoms with Gasteiger partial charge in [0.15, 0.2) is 0 Å². The quantitative estimate of drug-likeness (QED) is 0.400. The smallest absolute Gasteiger partial charge is 0.0842 e. The summed E-state index contributed by atoms with van der Waals surface area (Å²) in [5.74, 6) is 0. The van der Waals surface area contributed by atoms with Crippen molar-refractivity contribution >= 4 is 0 Å². The summed E-state index contributed by atoms with van der Waals surface area (Å²) in [7, 11) is 1.64. The Kier molecular flexibility index (Phi) is 6.48. The second-order valence-electron chi connectivity index (χ2n) is 2.00. The molecule has 3 nitrogen and oxygen atoms in total. The predicted octanol–water partition coefficient (Wildman–Crippen LogP) is -0.231. The van der Waals surface area contributed by atoms with E-state index >= 15 is 0 Å². The maximum atomic E-state index is 8.94. The minimum Gasteiger partial charge on any atom is -0.388 e. The lowest BCUT2D eigenvalue weighted by atomic mass is 10.3. The summed E-state index contributed by atoms with van der Waals surface area (Å²) in [4.78, 5) is 0. The van der Waals surface area contributed by atoms with E-state index in [-0.39, 0.29) is 0 Å². The fraction of sp³-hybridized carbons (Fsp3) is 0.714. The Balaban J connectivity index is 2.95. The van der Waals surface area contributed by atoms with Gasteiger partial charge in [-0.25, -0.2) is 0 Å². The zero-order valence-corrected chi connectivity index (χ0v) is 6.34. The molecule has 0 heterocycles. The Morgan fingerprint density at radius 3 is 3.00 bits per heavy atom. The SMILES string of the molecule is C=CC(O)CNCCOC. The minimum atomic E-state index is -0.447. The molecule has 1 atom stereocenters. The Morgan fingerprint density at radius 2 is 2.50 bits per heavy atom. The zero-order valence-electron chi connectivity index (χ0n) is 6.34. The molecule has 3 heteroatoms. The summed E-state index contributed by atoms with van der Waals surface area (Å²) in [6.45, 7) is 5.42. The van der Waals surface area contributed by atoms with Crippen LogP contribution in [0.3, 0.4) is 0 Å². The van der Waals surface area contributed by atoms with Crippen LogP contribution in [0.4, 0.5) is 0 Å². The van der Waals surface area contributed by atoms with E-state index in [4.69, 9.17) is 9.84 Å². The van der Waals surface area contributed by atoms with Crippen molar-refractivity contribution in [2.75, 3.05) is 26.8 Å². The molecule has 1 unspecified atom stereocenters. The molecular formula is C7H15NO2. The largest absolute Gasteiger partial charge is 0.388 e. The van der Waals surface area contributed by atoms with E-state index in [0.29, 0.717) is 13.2 Å². The first kappa shape index (κ1) is 9.62. The average Bonchev–Trinajstić information content (AvgIpc) is 1.98. The van der Waals surface area contributed by atoms with Crippen LogP contribution in [0.15, 0.2) is 12.7 Å². The van der Waals surface area contributed by atoms with Crippen LogP contribution in [0.25, 0.3) is 0 Å². The minimum absolute atomic E-state index is 0.447. The monoisotopic (exact) mass is 145 g/mol. The Labute approximate surface area is 61.7 Å². The van der Waals surface area contributed by atoms with Gasteiger partial charge >= 0.3 is 0 Å². The molecule has 10 heavy (non-hydrogen) atoms. The highest BCUT2D eigenvalue weighted by Crippen LogP contribution is 1.78. The van der Waals surface area contributed by atoms with Crippen LogP contribution >= 0.6 is 0 Å². The number of aliphatic hydroxyl groups is 1. The molecule has 0 aromatic carbocycles. The van der Waals surface area contributed by atoms with E-state index in [1.54, 1.807) is 7.11 Å². The Morgan fingerprint density at radius 1 is 1.80 bits per heavy atom. The third kappa shape index (κ3) is 5.75. The Bertz CT molecular complexity index is 85.7. The van der Waals surface area contributed by atoms with E-state index in [9.17, 15) is 0 Å². The van der Waals surface area contributed by atoms with E-state index in [1.165, 1.54) is 6.08 Å². The summed E-state index contributed by atoms with van der Waals surface area (Å²) in [6.07, 6.45) is 1.05. The van der Waals surface area contributed by atoms with Crippen LogP contribution < -0.4 is 5.32 Å². The number of methoxy groups -OCH3 is 1.